The van der Waals surface area contributed by atoms with Crippen molar-refractivity contribution in [2.45, 2.75) is 26.7 Å². The van der Waals surface area contributed by atoms with Gasteiger partial charge in [-0.3, -0.25) is 4.79 Å². The zero-order valence-electron chi connectivity index (χ0n) is 10.2. The van der Waals surface area contributed by atoms with Crippen molar-refractivity contribution >= 4 is 21.8 Å². The Hall–Kier alpha value is -0.900. The summed E-state index contributed by atoms with van der Waals surface area (Å²) in [5.74, 6) is -0.717. The third kappa shape index (κ3) is 3.53. The van der Waals surface area contributed by atoms with Crippen LogP contribution in [0, 0.1) is 5.82 Å². The average Bonchev–Trinajstić information content (AvgIpc) is 2.30. The number of unbranched alkanes of at least 4 members (excludes halogenated alkanes) is 1. The number of amides is 1. The van der Waals surface area contributed by atoms with Gasteiger partial charge in [-0.2, -0.15) is 0 Å². The minimum atomic E-state index is -0.473. The van der Waals surface area contributed by atoms with Gasteiger partial charge in [0.2, 0.25) is 0 Å². The predicted molar refractivity (Wildman–Crippen MR) is 70.6 cm³/mol. The highest BCUT2D eigenvalue weighted by Crippen LogP contribution is 2.21. The highest BCUT2D eigenvalue weighted by atomic mass is 79.9. The standard InChI is InChI=1S/C13H17BrFNO/c1-3-5-9-16(4-2)13(17)12-10(14)7-6-8-11(12)15/h6-8H,3-5,9H2,1-2H3. The van der Waals surface area contributed by atoms with Crippen molar-refractivity contribution < 1.29 is 9.18 Å². The van der Waals surface area contributed by atoms with Crippen molar-refractivity contribution in [3.8, 4) is 0 Å². The molecule has 0 radical (unpaired) electrons. The van der Waals surface area contributed by atoms with E-state index in [4.69, 9.17) is 0 Å². The van der Waals surface area contributed by atoms with Crippen molar-refractivity contribution in [3.05, 3.63) is 34.1 Å². The number of rotatable bonds is 5. The molecule has 0 unspecified atom stereocenters. The summed E-state index contributed by atoms with van der Waals surface area (Å²) in [5.41, 5.74) is 0.130. The number of nitrogens with zero attached hydrogens (tertiary/aromatic N) is 1. The quantitative estimate of drug-likeness (QED) is 0.809. The van der Waals surface area contributed by atoms with E-state index in [1.165, 1.54) is 6.07 Å². The second kappa shape index (κ2) is 6.74. The smallest absolute Gasteiger partial charge is 0.257 e. The van der Waals surface area contributed by atoms with Crippen molar-refractivity contribution in [2.24, 2.45) is 0 Å². The third-order valence-electron chi connectivity index (χ3n) is 2.63. The van der Waals surface area contributed by atoms with Crippen LogP contribution in [0.1, 0.15) is 37.0 Å². The summed E-state index contributed by atoms with van der Waals surface area (Å²) >= 11 is 3.23. The number of benzene rings is 1. The Morgan fingerprint density at radius 3 is 2.65 bits per heavy atom. The first-order valence-corrected chi connectivity index (χ1v) is 6.64. The number of carbonyl (C=O) groups is 1. The maximum absolute atomic E-state index is 13.6. The average molecular weight is 302 g/mol. The molecule has 0 atom stereocenters. The van der Waals surface area contributed by atoms with E-state index < -0.39 is 5.82 Å². The summed E-state index contributed by atoms with van der Waals surface area (Å²) in [5, 5.41) is 0. The number of carbonyl (C=O) groups excluding carboxylic acids is 1. The number of hydrogen-bond donors (Lipinski definition) is 0. The molecule has 1 amide bonds. The maximum atomic E-state index is 13.6. The lowest BCUT2D eigenvalue weighted by Gasteiger charge is -2.21. The molecule has 2 nitrogen and oxygen atoms in total. The fourth-order valence-electron chi connectivity index (χ4n) is 1.61. The lowest BCUT2D eigenvalue weighted by molar-refractivity contribution is 0.0756. The van der Waals surface area contributed by atoms with Crippen molar-refractivity contribution in [1.82, 2.24) is 4.90 Å². The first-order chi connectivity index (χ1) is 8.11. The molecule has 0 saturated carbocycles. The SMILES string of the molecule is CCCCN(CC)C(=O)c1c(F)cccc1Br. The Morgan fingerprint density at radius 1 is 1.41 bits per heavy atom. The predicted octanol–water partition coefficient (Wildman–Crippen LogP) is 3.85. The van der Waals surface area contributed by atoms with Crippen LogP contribution in [0.4, 0.5) is 4.39 Å². The van der Waals surface area contributed by atoms with Gasteiger partial charge in [0.1, 0.15) is 5.82 Å². The molecule has 1 aromatic rings. The summed E-state index contributed by atoms with van der Waals surface area (Å²) in [6, 6.07) is 4.58. The normalized spacial score (nSPS) is 10.4. The van der Waals surface area contributed by atoms with Gasteiger partial charge in [0.15, 0.2) is 0 Å². The second-order valence-electron chi connectivity index (χ2n) is 3.84. The van der Waals surface area contributed by atoms with E-state index in [-0.39, 0.29) is 11.5 Å². The second-order valence-corrected chi connectivity index (χ2v) is 4.69. The summed E-state index contributed by atoms with van der Waals surface area (Å²) in [6.45, 7) is 5.24. The molecule has 0 aliphatic heterocycles. The van der Waals surface area contributed by atoms with Crippen LogP contribution >= 0.6 is 15.9 Å². The molecule has 0 bridgehead atoms. The van der Waals surface area contributed by atoms with Gasteiger partial charge in [-0.05, 0) is 41.4 Å². The maximum Gasteiger partial charge on any atom is 0.257 e. The molecule has 17 heavy (non-hydrogen) atoms. The Labute approximate surface area is 110 Å². The molecule has 0 aliphatic carbocycles. The molecular formula is C13H17BrFNO. The van der Waals surface area contributed by atoms with Crippen molar-refractivity contribution in [3.63, 3.8) is 0 Å². The molecule has 0 aromatic heterocycles. The topological polar surface area (TPSA) is 20.3 Å². The lowest BCUT2D eigenvalue weighted by Crippen LogP contribution is -2.32. The Balaban J connectivity index is 2.93. The fourth-order valence-corrected chi connectivity index (χ4v) is 2.12. The molecule has 94 valence electrons. The Morgan fingerprint density at radius 2 is 2.12 bits per heavy atom. The molecule has 0 aliphatic rings. The van der Waals surface area contributed by atoms with Crippen LogP contribution in [0.5, 0.6) is 0 Å². The van der Waals surface area contributed by atoms with E-state index in [1.54, 1.807) is 17.0 Å². The van der Waals surface area contributed by atoms with Crippen molar-refractivity contribution in [1.29, 1.82) is 0 Å². The molecule has 0 spiro atoms. The first-order valence-electron chi connectivity index (χ1n) is 5.85. The molecule has 1 aromatic carbocycles. The zero-order valence-corrected chi connectivity index (χ0v) is 11.8. The van der Waals surface area contributed by atoms with Gasteiger partial charge in [-0.1, -0.05) is 19.4 Å². The summed E-state index contributed by atoms with van der Waals surface area (Å²) < 4.78 is 14.2. The summed E-state index contributed by atoms with van der Waals surface area (Å²) in [4.78, 5) is 13.9. The molecule has 0 N–H and O–H groups in total. The van der Waals surface area contributed by atoms with E-state index in [1.807, 2.05) is 6.92 Å². The van der Waals surface area contributed by atoms with Crippen LogP contribution in [-0.4, -0.2) is 23.9 Å². The van der Waals surface area contributed by atoms with E-state index in [9.17, 15) is 9.18 Å². The van der Waals surface area contributed by atoms with Gasteiger partial charge < -0.3 is 4.90 Å². The largest absolute Gasteiger partial charge is 0.339 e. The van der Waals surface area contributed by atoms with Crippen molar-refractivity contribution in [2.75, 3.05) is 13.1 Å². The number of hydrogen-bond acceptors (Lipinski definition) is 1. The van der Waals surface area contributed by atoms with Crippen LogP contribution in [0.25, 0.3) is 0 Å². The number of halogens is 2. The molecule has 4 heteroatoms. The monoisotopic (exact) mass is 301 g/mol. The Bertz CT molecular complexity index is 375. The van der Waals surface area contributed by atoms with Crippen LogP contribution in [0.2, 0.25) is 0 Å². The van der Waals surface area contributed by atoms with E-state index in [2.05, 4.69) is 22.9 Å². The first kappa shape index (κ1) is 14.2. The van der Waals surface area contributed by atoms with E-state index in [0.29, 0.717) is 17.6 Å². The van der Waals surface area contributed by atoms with E-state index in [0.717, 1.165) is 12.8 Å². The minimum Gasteiger partial charge on any atom is -0.339 e. The Kier molecular flexibility index (Phi) is 5.62. The van der Waals surface area contributed by atoms with E-state index >= 15 is 0 Å². The molecular weight excluding hydrogens is 285 g/mol. The van der Waals surface area contributed by atoms with Crippen LogP contribution in [0.3, 0.4) is 0 Å². The fraction of sp³-hybridized carbons (Fsp3) is 0.462. The molecule has 0 fully saturated rings. The lowest BCUT2D eigenvalue weighted by atomic mass is 10.1. The minimum absolute atomic E-state index is 0.130. The summed E-state index contributed by atoms with van der Waals surface area (Å²) in [6.07, 6.45) is 1.95. The van der Waals surface area contributed by atoms with Crippen LogP contribution in [-0.2, 0) is 0 Å². The van der Waals surface area contributed by atoms with Gasteiger partial charge >= 0.3 is 0 Å². The van der Waals surface area contributed by atoms with Gasteiger partial charge in [0.25, 0.3) is 5.91 Å². The highest BCUT2D eigenvalue weighted by Gasteiger charge is 2.20. The van der Waals surface area contributed by atoms with Crippen LogP contribution in [0.15, 0.2) is 22.7 Å². The van der Waals surface area contributed by atoms with Gasteiger partial charge in [0.05, 0.1) is 5.56 Å². The molecule has 0 heterocycles. The summed E-state index contributed by atoms with van der Waals surface area (Å²) in [7, 11) is 0. The van der Waals surface area contributed by atoms with Crippen LogP contribution < -0.4 is 0 Å². The molecule has 0 saturated heterocycles. The van der Waals surface area contributed by atoms with Gasteiger partial charge in [0, 0.05) is 17.6 Å². The molecule has 1 rings (SSSR count). The van der Waals surface area contributed by atoms with Gasteiger partial charge in [-0.15, -0.1) is 0 Å². The van der Waals surface area contributed by atoms with Gasteiger partial charge in [-0.25, -0.2) is 4.39 Å². The highest BCUT2D eigenvalue weighted by molar-refractivity contribution is 9.10. The zero-order chi connectivity index (χ0) is 12.8. The third-order valence-corrected chi connectivity index (χ3v) is 3.29.